The van der Waals surface area contributed by atoms with Crippen molar-refractivity contribution in [3.8, 4) is 0 Å². The third-order valence-corrected chi connectivity index (χ3v) is 5.87. The van der Waals surface area contributed by atoms with Crippen molar-refractivity contribution < 1.29 is 14.3 Å². The number of amides is 1. The van der Waals surface area contributed by atoms with Gasteiger partial charge in [0.2, 0.25) is 5.91 Å². The number of ether oxygens (including phenoxy) is 1. The van der Waals surface area contributed by atoms with E-state index in [4.69, 9.17) is 4.74 Å². The number of fused-ring (bicyclic) bond motifs is 1. The van der Waals surface area contributed by atoms with Crippen molar-refractivity contribution in [1.82, 2.24) is 4.98 Å². The fourth-order valence-electron chi connectivity index (χ4n) is 3.55. The Labute approximate surface area is 174 Å². The SMILES string of the molecule is CC(=O)N(c1ccccc1)c1nc(COC(=O)c2ccc3c(c2)CCCC3)cs1. The number of para-hydroxylation sites is 1. The largest absolute Gasteiger partial charge is 0.456 e. The summed E-state index contributed by atoms with van der Waals surface area (Å²) in [5.41, 5.74) is 4.55. The van der Waals surface area contributed by atoms with Crippen LogP contribution in [0.1, 0.15) is 46.9 Å². The highest BCUT2D eigenvalue weighted by atomic mass is 32.1. The Morgan fingerprint density at radius 1 is 1.07 bits per heavy atom. The van der Waals surface area contributed by atoms with E-state index in [1.807, 2.05) is 53.9 Å². The van der Waals surface area contributed by atoms with Crippen LogP contribution < -0.4 is 4.90 Å². The summed E-state index contributed by atoms with van der Waals surface area (Å²) in [7, 11) is 0. The van der Waals surface area contributed by atoms with Gasteiger partial charge in [0.05, 0.1) is 16.9 Å². The van der Waals surface area contributed by atoms with E-state index in [1.165, 1.54) is 42.2 Å². The number of aromatic nitrogens is 1. The first kappa shape index (κ1) is 19.3. The lowest BCUT2D eigenvalue weighted by Gasteiger charge is -2.17. The number of carbonyl (C=O) groups is 2. The van der Waals surface area contributed by atoms with Gasteiger partial charge in [-0.2, -0.15) is 0 Å². The Hall–Kier alpha value is -2.99. The zero-order valence-electron chi connectivity index (χ0n) is 16.3. The Balaban J connectivity index is 1.44. The number of nitrogens with zero attached hydrogens (tertiary/aromatic N) is 2. The van der Waals surface area contributed by atoms with Gasteiger partial charge in [0.1, 0.15) is 6.61 Å². The van der Waals surface area contributed by atoms with Gasteiger partial charge in [0.15, 0.2) is 5.13 Å². The van der Waals surface area contributed by atoms with Crippen molar-refractivity contribution in [2.75, 3.05) is 4.90 Å². The molecule has 3 aromatic rings. The summed E-state index contributed by atoms with van der Waals surface area (Å²) >= 11 is 1.35. The first-order valence-corrected chi connectivity index (χ1v) is 10.6. The Kier molecular flexibility index (Phi) is 5.71. The summed E-state index contributed by atoms with van der Waals surface area (Å²) in [5.74, 6) is -0.470. The lowest BCUT2D eigenvalue weighted by atomic mass is 9.90. The van der Waals surface area contributed by atoms with Crippen molar-refractivity contribution in [1.29, 1.82) is 0 Å². The standard InChI is InChI=1S/C23H22N2O3S/c1-16(26)25(21-9-3-2-4-10-21)23-24-20(15-29-23)14-28-22(27)19-12-11-17-7-5-6-8-18(17)13-19/h2-4,9-13,15H,5-8,14H2,1H3. The monoisotopic (exact) mass is 406 g/mol. The molecule has 4 rings (SSSR count). The molecule has 1 heterocycles. The van der Waals surface area contributed by atoms with E-state index in [0.717, 1.165) is 18.5 Å². The van der Waals surface area contributed by atoms with Crippen LogP contribution in [0.25, 0.3) is 0 Å². The van der Waals surface area contributed by atoms with Crippen molar-refractivity contribution in [3.05, 3.63) is 76.3 Å². The molecule has 2 aromatic carbocycles. The highest BCUT2D eigenvalue weighted by molar-refractivity contribution is 7.14. The summed E-state index contributed by atoms with van der Waals surface area (Å²) in [6, 6.07) is 15.2. The smallest absolute Gasteiger partial charge is 0.338 e. The van der Waals surface area contributed by atoms with Gasteiger partial charge in [0.25, 0.3) is 0 Å². The molecule has 0 fully saturated rings. The molecule has 0 spiro atoms. The average molecular weight is 407 g/mol. The first-order chi connectivity index (χ1) is 14.1. The number of hydrogen-bond donors (Lipinski definition) is 0. The van der Waals surface area contributed by atoms with Crippen LogP contribution in [0.15, 0.2) is 53.9 Å². The van der Waals surface area contributed by atoms with E-state index < -0.39 is 0 Å². The summed E-state index contributed by atoms with van der Waals surface area (Å²) in [5, 5.41) is 2.37. The summed E-state index contributed by atoms with van der Waals surface area (Å²) < 4.78 is 5.47. The number of rotatable bonds is 5. The second-order valence-corrected chi connectivity index (χ2v) is 7.91. The molecule has 0 bridgehead atoms. The maximum Gasteiger partial charge on any atom is 0.338 e. The second kappa shape index (κ2) is 8.57. The number of carbonyl (C=O) groups excluding carboxylic acids is 2. The molecule has 1 aromatic heterocycles. The molecule has 29 heavy (non-hydrogen) atoms. The Bertz CT molecular complexity index is 1030. The molecule has 5 nitrogen and oxygen atoms in total. The van der Waals surface area contributed by atoms with Gasteiger partial charge in [-0.05, 0) is 61.1 Å². The summed E-state index contributed by atoms with van der Waals surface area (Å²) in [4.78, 5) is 30.6. The van der Waals surface area contributed by atoms with Crippen LogP contribution in [0.3, 0.4) is 0 Å². The fraction of sp³-hybridized carbons (Fsp3) is 0.261. The quantitative estimate of drug-likeness (QED) is 0.556. The lowest BCUT2D eigenvalue weighted by molar-refractivity contribution is -0.115. The molecule has 0 unspecified atom stereocenters. The van der Waals surface area contributed by atoms with Gasteiger partial charge in [-0.25, -0.2) is 9.78 Å². The molecule has 0 atom stereocenters. The third-order valence-electron chi connectivity index (χ3n) is 5.00. The van der Waals surface area contributed by atoms with Crippen LogP contribution >= 0.6 is 11.3 Å². The van der Waals surface area contributed by atoms with E-state index in [0.29, 0.717) is 16.4 Å². The molecular weight excluding hydrogens is 384 g/mol. The molecule has 1 aliphatic carbocycles. The number of anilines is 2. The molecule has 0 aliphatic heterocycles. The van der Waals surface area contributed by atoms with E-state index in [2.05, 4.69) is 4.98 Å². The number of hydrogen-bond acceptors (Lipinski definition) is 5. The molecule has 0 saturated heterocycles. The van der Waals surface area contributed by atoms with Crippen molar-refractivity contribution in [2.24, 2.45) is 0 Å². The molecule has 6 heteroatoms. The van der Waals surface area contributed by atoms with E-state index in [9.17, 15) is 9.59 Å². The molecule has 148 valence electrons. The number of benzene rings is 2. The molecule has 0 saturated carbocycles. The minimum absolute atomic E-state index is 0.0763. The van der Waals surface area contributed by atoms with Crippen molar-refractivity contribution in [2.45, 2.75) is 39.2 Å². The molecular formula is C23H22N2O3S. The van der Waals surface area contributed by atoms with Crippen LogP contribution in [0, 0.1) is 0 Å². The number of thiazole rings is 1. The maximum atomic E-state index is 12.5. The summed E-state index contributed by atoms with van der Waals surface area (Å²) in [6.45, 7) is 1.58. The van der Waals surface area contributed by atoms with Crippen LogP contribution in [-0.4, -0.2) is 16.9 Å². The lowest BCUT2D eigenvalue weighted by Crippen LogP contribution is -2.22. The van der Waals surface area contributed by atoms with Crippen molar-refractivity contribution in [3.63, 3.8) is 0 Å². The zero-order valence-corrected chi connectivity index (χ0v) is 17.1. The molecule has 1 amide bonds. The molecule has 0 radical (unpaired) electrons. The van der Waals surface area contributed by atoms with Crippen LogP contribution in [-0.2, 0) is 29.0 Å². The van der Waals surface area contributed by atoms with Gasteiger partial charge >= 0.3 is 5.97 Å². The van der Waals surface area contributed by atoms with Gasteiger partial charge in [0, 0.05) is 12.3 Å². The zero-order chi connectivity index (χ0) is 20.2. The van der Waals surface area contributed by atoms with Gasteiger partial charge in [-0.1, -0.05) is 24.3 Å². The predicted molar refractivity (Wildman–Crippen MR) is 114 cm³/mol. The highest BCUT2D eigenvalue weighted by Gasteiger charge is 2.19. The van der Waals surface area contributed by atoms with Crippen LogP contribution in [0.5, 0.6) is 0 Å². The molecule has 0 N–H and O–H groups in total. The third kappa shape index (κ3) is 4.38. The summed E-state index contributed by atoms with van der Waals surface area (Å²) in [6.07, 6.45) is 4.48. The van der Waals surface area contributed by atoms with Gasteiger partial charge < -0.3 is 4.74 Å². The van der Waals surface area contributed by atoms with E-state index >= 15 is 0 Å². The topological polar surface area (TPSA) is 59.5 Å². The normalized spacial score (nSPS) is 12.9. The van der Waals surface area contributed by atoms with Crippen LogP contribution in [0.4, 0.5) is 10.8 Å². The minimum atomic E-state index is -0.348. The average Bonchev–Trinajstić information content (AvgIpc) is 3.20. The van der Waals surface area contributed by atoms with E-state index in [-0.39, 0.29) is 18.5 Å². The molecule has 1 aliphatic rings. The second-order valence-electron chi connectivity index (χ2n) is 7.08. The minimum Gasteiger partial charge on any atom is -0.456 e. The predicted octanol–water partition coefficient (Wildman–Crippen LogP) is 5.06. The number of esters is 1. The number of aryl methyl sites for hydroxylation is 2. The van der Waals surface area contributed by atoms with Crippen molar-refractivity contribution >= 4 is 34.0 Å². The Morgan fingerprint density at radius 2 is 1.83 bits per heavy atom. The highest BCUT2D eigenvalue weighted by Crippen LogP contribution is 2.29. The fourth-order valence-corrected chi connectivity index (χ4v) is 4.42. The van der Waals surface area contributed by atoms with Gasteiger partial charge in [-0.15, -0.1) is 11.3 Å². The Morgan fingerprint density at radius 3 is 2.59 bits per heavy atom. The van der Waals surface area contributed by atoms with Crippen LogP contribution in [0.2, 0.25) is 0 Å². The van der Waals surface area contributed by atoms with E-state index in [1.54, 1.807) is 4.90 Å². The first-order valence-electron chi connectivity index (χ1n) is 9.71. The van der Waals surface area contributed by atoms with Gasteiger partial charge in [-0.3, -0.25) is 9.69 Å². The maximum absolute atomic E-state index is 12.5.